The number of pyridine rings is 1. The first-order chi connectivity index (χ1) is 6.88. The molecule has 0 saturated heterocycles. The molecule has 2 heterocycles. The van der Waals surface area contributed by atoms with E-state index >= 15 is 0 Å². The number of aromatic nitrogens is 2. The minimum atomic E-state index is -0.167. The van der Waals surface area contributed by atoms with Gasteiger partial charge in [0.25, 0.3) is 0 Å². The Bertz CT molecular complexity index is 399. The Labute approximate surface area is 80.0 Å². The Kier molecular flexibility index (Phi) is 2.42. The predicted molar refractivity (Wildman–Crippen MR) is 46.7 cm³/mol. The summed E-state index contributed by atoms with van der Waals surface area (Å²) in [4.78, 5) is 7.72. The minimum Gasteiger partial charge on any atom is -0.417 e. The molecule has 2 rings (SSSR count). The molecule has 14 heavy (non-hydrogen) atoms. The van der Waals surface area contributed by atoms with Crippen LogP contribution in [0.4, 0.5) is 0 Å². The molecule has 0 aromatic carbocycles. The van der Waals surface area contributed by atoms with Crippen LogP contribution in [0.5, 0.6) is 11.8 Å². The van der Waals surface area contributed by atoms with Crippen molar-refractivity contribution in [3.63, 3.8) is 0 Å². The molecule has 5 nitrogen and oxygen atoms in total. The van der Waals surface area contributed by atoms with Crippen LogP contribution in [-0.2, 0) is 6.61 Å². The molecule has 2 aromatic rings. The zero-order chi connectivity index (χ0) is 9.80. The zero-order valence-corrected chi connectivity index (χ0v) is 7.25. The van der Waals surface area contributed by atoms with Gasteiger partial charge in [-0.2, -0.15) is 4.98 Å². The summed E-state index contributed by atoms with van der Waals surface area (Å²) in [5, 5.41) is 8.73. The van der Waals surface area contributed by atoms with Crippen LogP contribution in [0.25, 0.3) is 0 Å². The van der Waals surface area contributed by atoms with Crippen molar-refractivity contribution < 1.29 is 14.3 Å². The molecule has 0 unspecified atom stereocenters. The van der Waals surface area contributed by atoms with E-state index in [1.54, 1.807) is 24.5 Å². The van der Waals surface area contributed by atoms with Gasteiger partial charge in [0.15, 0.2) is 5.75 Å². The number of rotatable bonds is 3. The molecule has 0 bridgehead atoms. The Balaban J connectivity index is 2.11. The Hall–Kier alpha value is -1.88. The van der Waals surface area contributed by atoms with Gasteiger partial charge in [-0.25, -0.2) is 0 Å². The average molecular weight is 192 g/mol. The van der Waals surface area contributed by atoms with Crippen molar-refractivity contribution in [1.29, 1.82) is 0 Å². The van der Waals surface area contributed by atoms with Gasteiger partial charge in [0.1, 0.15) is 12.0 Å². The number of hydrogen-bond donors (Lipinski definition) is 1. The fourth-order valence-corrected chi connectivity index (χ4v) is 0.916. The van der Waals surface area contributed by atoms with E-state index in [1.807, 2.05) is 0 Å². The van der Waals surface area contributed by atoms with E-state index in [-0.39, 0.29) is 12.7 Å². The van der Waals surface area contributed by atoms with Crippen LogP contribution in [0, 0.1) is 0 Å². The van der Waals surface area contributed by atoms with E-state index in [0.717, 1.165) is 0 Å². The maximum absolute atomic E-state index is 8.73. The lowest BCUT2D eigenvalue weighted by molar-refractivity contribution is 0.276. The molecule has 0 amide bonds. The zero-order valence-electron chi connectivity index (χ0n) is 7.25. The number of ether oxygens (including phenoxy) is 1. The normalized spacial score (nSPS) is 10.1. The standard InChI is InChI=1S/C9H8N2O3/c12-5-7-6-13-9(11-7)14-8-2-1-3-10-4-8/h1-4,6,12H,5H2. The maximum Gasteiger partial charge on any atom is 0.399 e. The van der Waals surface area contributed by atoms with Crippen molar-refractivity contribution in [1.82, 2.24) is 9.97 Å². The van der Waals surface area contributed by atoms with Crippen molar-refractivity contribution >= 4 is 0 Å². The molecule has 1 N–H and O–H groups in total. The fraction of sp³-hybridized carbons (Fsp3) is 0.111. The molecule has 0 radical (unpaired) electrons. The molecule has 0 fully saturated rings. The van der Waals surface area contributed by atoms with E-state index in [4.69, 9.17) is 14.3 Å². The van der Waals surface area contributed by atoms with E-state index in [0.29, 0.717) is 11.4 Å². The topological polar surface area (TPSA) is 68.4 Å². The lowest BCUT2D eigenvalue weighted by atomic mass is 10.5. The highest BCUT2D eigenvalue weighted by Gasteiger charge is 2.04. The highest BCUT2D eigenvalue weighted by atomic mass is 16.6. The van der Waals surface area contributed by atoms with E-state index in [9.17, 15) is 0 Å². The molecule has 72 valence electrons. The quantitative estimate of drug-likeness (QED) is 0.795. The first-order valence-corrected chi connectivity index (χ1v) is 4.01. The van der Waals surface area contributed by atoms with Gasteiger partial charge >= 0.3 is 6.08 Å². The van der Waals surface area contributed by atoms with Crippen LogP contribution in [0.1, 0.15) is 5.69 Å². The Morgan fingerprint density at radius 3 is 3.07 bits per heavy atom. The third-order valence-electron chi connectivity index (χ3n) is 1.53. The first kappa shape index (κ1) is 8.71. The summed E-state index contributed by atoms with van der Waals surface area (Å²) in [7, 11) is 0. The minimum absolute atomic E-state index is 0.0991. The van der Waals surface area contributed by atoms with E-state index in [2.05, 4.69) is 9.97 Å². The molecule has 0 aliphatic carbocycles. The highest BCUT2D eigenvalue weighted by molar-refractivity contribution is 5.19. The molecule has 2 aromatic heterocycles. The summed E-state index contributed by atoms with van der Waals surface area (Å²) in [6, 6.07) is 3.47. The Morgan fingerprint density at radius 2 is 2.43 bits per heavy atom. The summed E-state index contributed by atoms with van der Waals surface area (Å²) in [6.45, 7) is -0.167. The molecular formula is C9H8N2O3. The maximum atomic E-state index is 8.73. The largest absolute Gasteiger partial charge is 0.417 e. The summed E-state index contributed by atoms with van der Waals surface area (Å²) < 4.78 is 10.1. The van der Waals surface area contributed by atoms with Crippen molar-refractivity contribution in [3.8, 4) is 11.8 Å². The van der Waals surface area contributed by atoms with Gasteiger partial charge in [0.05, 0.1) is 12.8 Å². The number of aliphatic hydroxyl groups excluding tert-OH is 1. The van der Waals surface area contributed by atoms with Crippen molar-refractivity contribution in [2.24, 2.45) is 0 Å². The van der Waals surface area contributed by atoms with E-state index in [1.165, 1.54) is 6.26 Å². The second-order valence-electron chi connectivity index (χ2n) is 2.55. The van der Waals surface area contributed by atoms with Crippen LogP contribution >= 0.6 is 0 Å². The van der Waals surface area contributed by atoms with Gasteiger partial charge in [-0.1, -0.05) is 0 Å². The second kappa shape index (κ2) is 3.89. The van der Waals surface area contributed by atoms with Crippen LogP contribution < -0.4 is 4.74 Å². The highest BCUT2D eigenvalue weighted by Crippen LogP contribution is 2.18. The summed E-state index contributed by atoms with van der Waals surface area (Å²) in [6.07, 6.45) is 4.62. The van der Waals surface area contributed by atoms with E-state index < -0.39 is 0 Å². The second-order valence-corrected chi connectivity index (χ2v) is 2.55. The third kappa shape index (κ3) is 1.89. The first-order valence-electron chi connectivity index (χ1n) is 4.01. The van der Waals surface area contributed by atoms with Crippen molar-refractivity contribution in [3.05, 3.63) is 36.5 Å². The SMILES string of the molecule is OCc1coc(Oc2cccnc2)n1. The summed E-state index contributed by atoms with van der Waals surface area (Å²) in [5.41, 5.74) is 0.434. The van der Waals surface area contributed by atoms with Crippen LogP contribution in [0.3, 0.4) is 0 Å². The molecule has 0 saturated carbocycles. The summed E-state index contributed by atoms with van der Waals surface area (Å²) >= 11 is 0. The Morgan fingerprint density at radius 1 is 1.50 bits per heavy atom. The van der Waals surface area contributed by atoms with Crippen molar-refractivity contribution in [2.45, 2.75) is 6.61 Å². The molecule has 0 atom stereocenters. The summed E-state index contributed by atoms with van der Waals surface area (Å²) in [5.74, 6) is 0.541. The number of hydrogen-bond acceptors (Lipinski definition) is 5. The molecule has 0 spiro atoms. The lowest BCUT2D eigenvalue weighted by Crippen LogP contribution is -1.86. The lowest BCUT2D eigenvalue weighted by Gasteiger charge is -1.97. The third-order valence-corrected chi connectivity index (χ3v) is 1.53. The monoisotopic (exact) mass is 192 g/mol. The molecule has 5 heteroatoms. The number of oxazole rings is 1. The number of aliphatic hydroxyl groups is 1. The van der Waals surface area contributed by atoms with Gasteiger partial charge in [-0.3, -0.25) is 4.98 Å². The number of nitrogens with zero attached hydrogens (tertiary/aromatic N) is 2. The van der Waals surface area contributed by atoms with Gasteiger partial charge in [-0.15, -0.1) is 0 Å². The van der Waals surface area contributed by atoms with Crippen molar-refractivity contribution in [2.75, 3.05) is 0 Å². The smallest absolute Gasteiger partial charge is 0.399 e. The van der Waals surface area contributed by atoms with Gasteiger partial charge < -0.3 is 14.3 Å². The van der Waals surface area contributed by atoms with Crippen LogP contribution in [0.2, 0.25) is 0 Å². The average Bonchev–Trinajstić information content (AvgIpc) is 2.67. The van der Waals surface area contributed by atoms with Crippen LogP contribution in [0.15, 0.2) is 35.2 Å². The fourth-order valence-electron chi connectivity index (χ4n) is 0.916. The van der Waals surface area contributed by atoms with Gasteiger partial charge in [0.2, 0.25) is 0 Å². The van der Waals surface area contributed by atoms with Gasteiger partial charge in [-0.05, 0) is 12.1 Å². The predicted octanol–water partition coefficient (Wildman–Crippen LogP) is 1.35. The van der Waals surface area contributed by atoms with Crippen LogP contribution in [-0.4, -0.2) is 15.1 Å². The molecular weight excluding hydrogens is 184 g/mol. The molecule has 0 aliphatic rings. The molecule has 0 aliphatic heterocycles. The van der Waals surface area contributed by atoms with Gasteiger partial charge in [0, 0.05) is 6.20 Å².